The fourth-order valence-electron chi connectivity index (χ4n) is 2.53. The smallest absolute Gasteiger partial charge is 0.262 e. The summed E-state index contributed by atoms with van der Waals surface area (Å²) in [5, 5.41) is 31.5. The van der Waals surface area contributed by atoms with E-state index < -0.39 is 11.5 Å². The molecule has 1 atom stereocenters. The van der Waals surface area contributed by atoms with Crippen molar-refractivity contribution < 1.29 is 9.90 Å². The standard InChI is InChI=1S/C20H20N4O2/c1-14-15(10-18(12-22)24(14)3)9-16(11-21)19(25)23-13-20(2,26)17-7-5-4-6-8-17/h4-10,26H,13H2,1-3H3,(H,23,25). The van der Waals surface area contributed by atoms with Gasteiger partial charge in [0, 0.05) is 12.7 Å². The Morgan fingerprint density at radius 1 is 1.35 bits per heavy atom. The van der Waals surface area contributed by atoms with Gasteiger partial charge >= 0.3 is 0 Å². The zero-order chi connectivity index (χ0) is 19.3. The summed E-state index contributed by atoms with van der Waals surface area (Å²) in [6.45, 7) is 3.37. The number of aromatic nitrogens is 1. The highest BCUT2D eigenvalue weighted by Gasteiger charge is 2.24. The van der Waals surface area contributed by atoms with Crippen molar-refractivity contribution in [2.75, 3.05) is 6.54 Å². The molecule has 1 unspecified atom stereocenters. The van der Waals surface area contributed by atoms with Gasteiger partial charge in [0.2, 0.25) is 0 Å². The molecule has 0 saturated heterocycles. The SMILES string of the molecule is Cc1c(C=C(C#N)C(=O)NCC(C)(O)c2ccccc2)cc(C#N)n1C. The third kappa shape index (κ3) is 4.00. The molecule has 0 saturated carbocycles. The Bertz CT molecular complexity index is 925. The Hall–Kier alpha value is -3.35. The number of nitriles is 2. The van der Waals surface area contributed by atoms with Crippen molar-refractivity contribution in [2.24, 2.45) is 7.05 Å². The van der Waals surface area contributed by atoms with E-state index in [1.165, 1.54) is 6.08 Å². The van der Waals surface area contributed by atoms with Crippen molar-refractivity contribution in [3.8, 4) is 12.1 Å². The van der Waals surface area contributed by atoms with Crippen molar-refractivity contribution in [3.05, 3.63) is 64.5 Å². The highest BCUT2D eigenvalue weighted by Crippen LogP contribution is 2.20. The van der Waals surface area contributed by atoms with Gasteiger partial charge in [0.05, 0.1) is 6.54 Å². The van der Waals surface area contributed by atoms with Crippen LogP contribution in [0.25, 0.3) is 6.08 Å². The van der Waals surface area contributed by atoms with Crippen molar-refractivity contribution >= 4 is 12.0 Å². The first kappa shape index (κ1) is 19.0. The molecular formula is C20H20N4O2. The monoisotopic (exact) mass is 348 g/mol. The van der Waals surface area contributed by atoms with Gasteiger partial charge in [0.15, 0.2) is 0 Å². The second-order valence-corrected chi connectivity index (χ2v) is 6.23. The van der Waals surface area contributed by atoms with Crippen LogP contribution in [0.15, 0.2) is 42.0 Å². The second kappa shape index (κ2) is 7.69. The average Bonchev–Trinajstić information content (AvgIpc) is 2.92. The number of benzene rings is 1. The highest BCUT2D eigenvalue weighted by molar-refractivity contribution is 6.01. The van der Waals surface area contributed by atoms with E-state index in [0.717, 1.165) is 5.69 Å². The molecule has 1 amide bonds. The summed E-state index contributed by atoms with van der Waals surface area (Å²) < 4.78 is 1.69. The minimum absolute atomic E-state index is 0.0356. The van der Waals surface area contributed by atoms with E-state index in [4.69, 9.17) is 5.26 Å². The van der Waals surface area contributed by atoms with Gasteiger partial charge in [0.1, 0.15) is 29.0 Å². The second-order valence-electron chi connectivity index (χ2n) is 6.23. The predicted molar refractivity (Wildman–Crippen MR) is 97.5 cm³/mol. The van der Waals surface area contributed by atoms with Crippen LogP contribution in [0.4, 0.5) is 0 Å². The molecule has 0 spiro atoms. The number of nitrogens with zero attached hydrogens (tertiary/aromatic N) is 3. The van der Waals surface area contributed by atoms with Crippen molar-refractivity contribution in [1.29, 1.82) is 10.5 Å². The molecule has 1 heterocycles. The van der Waals surface area contributed by atoms with E-state index in [0.29, 0.717) is 16.8 Å². The van der Waals surface area contributed by atoms with Crippen LogP contribution < -0.4 is 5.32 Å². The maximum Gasteiger partial charge on any atom is 0.262 e. The Balaban J connectivity index is 2.17. The molecule has 0 fully saturated rings. The quantitative estimate of drug-likeness (QED) is 0.638. The molecule has 0 aliphatic rings. The third-order valence-electron chi connectivity index (χ3n) is 4.34. The molecule has 2 rings (SSSR count). The van der Waals surface area contributed by atoms with E-state index in [1.807, 2.05) is 12.1 Å². The van der Waals surface area contributed by atoms with Crippen LogP contribution in [0, 0.1) is 29.6 Å². The summed E-state index contributed by atoms with van der Waals surface area (Å²) in [5.41, 5.74) is 1.17. The van der Waals surface area contributed by atoms with Crippen LogP contribution in [0.5, 0.6) is 0 Å². The van der Waals surface area contributed by atoms with E-state index in [1.54, 1.807) is 55.8 Å². The minimum atomic E-state index is -1.26. The summed E-state index contributed by atoms with van der Waals surface area (Å²) in [6, 6.07) is 14.5. The molecule has 6 heteroatoms. The van der Waals surface area contributed by atoms with Crippen LogP contribution >= 0.6 is 0 Å². The number of amides is 1. The summed E-state index contributed by atoms with van der Waals surface area (Å²) in [6.07, 6.45) is 1.45. The number of carbonyl (C=O) groups is 1. The van der Waals surface area contributed by atoms with Crippen molar-refractivity contribution in [2.45, 2.75) is 19.4 Å². The first-order chi connectivity index (χ1) is 12.3. The van der Waals surface area contributed by atoms with Gasteiger partial charge in [-0.3, -0.25) is 4.79 Å². The largest absolute Gasteiger partial charge is 0.384 e. The molecule has 1 aromatic carbocycles. The van der Waals surface area contributed by atoms with E-state index in [-0.39, 0.29) is 12.1 Å². The van der Waals surface area contributed by atoms with Crippen molar-refractivity contribution in [3.63, 3.8) is 0 Å². The zero-order valence-corrected chi connectivity index (χ0v) is 14.9. The summed E-state index contributed by atoms with van der Waals surface area (Å²) in [7, 11) is 1.74. The molecule has 26 heavy (non-hydrogen) atoms. The Kier molecular flexibility index (Phi) is 5.61. The number of hydrogen-bond donors (Lipinski definition) is 2. The predicted octanol–water partition coefficient (Wildman–Crippen LogP) is 2.14. The number of carbonyl (C=O) groups excluding carboxylic acids is 1. The normalized spacial score (nSPS) is 13.4. The van der Waals surface area contributed by atoms with E-state index >= 15 is 0 Å². The lowest BCUT2D eigenvalue weighted by Crippen LogP contribution is -2.39. The summed E-state index contributed by atoms with van der Waals surface area (Å²) in [5.74, 6) is -0.578. The minimum Gasteiger partial charge on any atom is -0.384 e. The summed E-state index contributed by atoms with van der Waals surface area (Å²) in [4.78, 5) is 12.3. The van der Waals surface area contributed by atoms with Crippen molar-refractivity contribution in [1.82, 2.24) is 9.88 Å². The van der Waals surface area contributed by atoms with Gasteiger partial charge in [-0.25, -0.2) is 0 Å². The van der Waals surface area contributed by atoms with E-state index in [9.17, 15) is 15.2 Å². The fraction of sp³-hybridized carbons (Fsp3) is 0.250. The molecule has 6 nitrogen and oxygen atoms in total. The first-order valence-corrected chi connectivity index (χ1v) is 8.04. The van der Waals surface area contributed by atoms with Crippen LogP contribution in [0.3, 0.4) is 0 Å². The first-order valence-electron chi connectivity index (χ1n) is 8.04. The molecule has 0 aliphatic heterocycles. The molecule has 0 radical (unpaired) electrons. The Morgan fingerprint density at radius 3 is 2.54 bits per heavy atom. The van der Waals surface area contributed by atoms with Gasteiger partial charge in [0.25, 0.3) is 5.91 Å². The maximum absolute atomic E-state index is 12.3. The van der Waals surface area contributed by atoms with Crippen LogP contribution in [0.2, 0.25) is 0 Å². The number of aliphatic hydroxyl groups is 1. The maximum atomic E-state index is 12.3. The van der Waals surface area contributed by atoms with Gasteiger partial charge in [-0.1, -0.05) is 30.3 Å². The average molecular weight is 348 g/mol. The molecule has 0 aliphatic carbocycles. The molecule has 2 aromatic rings. The lowest BCUT2D eigenvalue weighted by Gasteiger charge is -2.24. The third-order valence-corrected chi connectivity index (χ3v) is 4.34. The van der Waals surface area contributed by atoms with Crippen LogP contribution in [-0.2, 0) is 17.4 Å². The number of hydrogen-bond acceptors (Lipinski definition) is 4. The number of nitrogens with one attached hydrogen (secondary N) is 1. The van der Waals surface area contributed by atoms with Gasteiger partial charge in [-0.2, -0.15) is 10.5 Å². The van der Waals surface area contributed by atoms with Crippen LogP contribution in [-0.4, -0.2) is 22.1 Å². The van der Waals surface area contributed by atoms with Crippen LogP contribution in [0.1, 0.15) is 29.4 Å². The molecule has 1 aromatic heterocycles. The van der Waals surface area contributed by atoms with Gasteiger partial charge < -0.3 is 15.0 Å². The topological polar surface area (TPSA) is 102 Å². The highest BCUT2D eigenvalue weighted by atomic mass is 16.3. The molecule has 0 bridgehead atoms. The van der Waals surface area contributed by atoms with Gasteiger partial charge in [-0.05, 0) is 37.1 Å². The molecule has 2 N–H and O–H groups in total. The van der Waals surface area contributed by atoms with Gasteiger partial charge in [-0.15, -0.1) is 0 Å². The number of rotatable bonds is 5. The lowest BCUT2D eigenvalue weighted by molar-refractivity contribution is -0.118. The zero-order valence-electron chi connectivity index (χ0n) is 14.9. The fourth-order valence-corrected chi connectivity index (χ4v) is 2.53. The summed E-state index contributed by atoms with van der Waals surface area (Å²) >= 11 is 0. The molecule has 132 valence electrons. The van der Waals surface area contributed by atoms with E-state index in [2.05, 4.69) is 11.4 Å². The lowest BCUT2D eigenvalue weighted by atomic mass is 9.96. The Morgan fingerprint density at radius 2 is 2.00 bits per heavy atom. The Labute approximate surface area is 152 Å². The molecular weight excluding hydrogens is 328 g/mol.